The molecule has 0 bridgehead atoms. The van der Waals surface area contributed by atoms with Gasteiger partial charge in [-0.1, -0.05) is 12.1 Å². The number of methoxy groups -OCH3 is 1. The molecule has 0 saturated carbocycles. The third kappa shape index (κ3) is 3.14. The minimum Gasteiger partial charge on any atom is -0.497 e. The van der Waals surface area contributed by atoms with Crippen LogP contribution in [0.1, 0.15) is 27.3 Å². The molecule has 0 aliphatic rings. The number of imidazole rings is 1. The van der Waals surface area contributed by atoms with Gasteiger partial charge in [0.15, 0.2) is 5.65 Å². The molecule has 0 saturated heterocycles. The number of hydrogen-bond acceptors (Lipinski definition) is 3. The van der Waals surface area contributed by atoms with E-state index in [1.807, 2.05) is 54.8 Å². The number of amides is 1. The highest BCUT2D eigenvalue weighted by Gasteiger charge is 2.18. The number of aryl methyl sites for hydroxylation is 2. The predicted molar refractivity (Wildman–Crippen MR) is 96.5 cm³/mol. The maximum atomic E-state index is 12.6. The number of pyridine rings is 1. The molecule has 24 heavy (non-hydrogen) atoms. The van der Waals surface area contributed by atoms with Gasteiger partial charge in [0, 0.05) is 12.7 Å². The molecule has 0 fully saturated rings. The molecule has 1 amide bonds. The number of aromatic nitrogens is 2. The Kier molecular flexibility index (Phi) is 4.57. The number of hydrogen-bond donors (Lipinski definition) is 1. The van der Waals surface area contributed by atoms with Gasteiger partial charge in [0.05, 0.1) is 17.3 Å². The molecule has 0 unspecified atom stereocenters. The average Bonchev–Trinajstić information content (AvgIpc) is 2.89. The molecule has 3 rings (SSSR count). The highest BCUT2D eigenvalue weighted by molar-refractivity contribution is 9.10. The number of halogens is 1. The average molecular weight is 388 g/mol. The van der Waals surface area contributed by atoms with E-state index in [1.54, 1.807) is 7.11 Å². The van der Waals surface area contributed by atoms with Gasteiger partial charge in [0.2, 0.25) is 0 Å². The second-order valence-electron chi connectivity index (χ2n) is 5.64. The van der Waals surface area contributed by atoms with Crippen molar-refractivity contribution in [3.63, 3.8) is 0 Å². The molecule has 124 valence electrons. The molecule has 0 aliphatic heterocycles. The van der Waals surface area contributed by atoms with E-state index in [1.165, 1.54) is 0 Å². The fourth-order valence-corrected chi connectivity index (χ4v) is 3.27. The normalized spacial score (nSPS) is 10.8. The van der Waals surface area contributed by atoms with E-state index in [0.29, 0.717) is 17.9 Å². The summed E-state index contributed by atoms with van der Waals surface area (Å²) < 4.78 is 7.84. The van der Waals surface area contributed by atoms with Gasteiger partial charge in [-0.2, -0.15) is 0 Å². The fourth-order valence-electron chi connectivity index (χ4n) is 2.63. The van der Waals surface area contributed by atoms with Crippen LogP contribution in [0.2, 0.25) is 0 Å². The zero-order chi connectivity index (χ0) is 17.3. The first-order valence-corrected chi connectivity index (χ1v) is 8.35. The summed E-state index contributed by atoms with van der Waals surface area (Å²) in [4.78, 5) is 17.1. The smallest absolute Gasteiger partial charge is 0.270 e. The Labute approximate surface area is 148 Å². The summed E-state index contributed by atoms with van der Waals surface area (Å²) in [6.07, 6.45) is 1.92. The Morgan fingerprint density at radius 3 is 2.67 bits per heavy atom. The van der Waals surface area contributed by atoms with Crippen molar-refractivity contribution < 1.29 is 9.53 Å². The Hall–Kier alpha value is -2.34. The van der Waals surface area contributed by atoms with E-state index in [0.717, 1.165) is 27.0 Å². The zero-order valence-electron chi connectivity index (χ0n) is 13.8. The van der Waals surface area contributed by atoms with Crippen LogP contribution in [-0.4, -0.2) is 22.4 Å². The molecule has 2 aromatic heterocycles. The van der Waals surface area contributed by atoms with Crippen molar-refractivity contribution in [1.82, 2.24) is 14.7 Å². The van der Waals surface area contributed by atoms with E-state index >= 15 is 0 Å². The van der Waals surface area contributed by atoms with Crippen LogP contribution in [0.3, 0.4) is 0 Å². The van der Waals surface area contributed by atoms with Crippen LogP contribution in [-0.2, 0) is 6.54 Å². The van der Waals surface area contributed by atoms with Crippen LogP contribution in [0.5, 0.6) is 5.75 Å². The molecule has 6 heteroatoms. The Balaban J connectivity index is 1.84. The standard InChI is InChI=1S/C18H18BrN3O2/c1-11-8-15(19)17-21-12(2)16(22(17)10-11)18(23)20-9-13-4-6-14(24-3)7-5-13/h4-8,10H,9H2,1-3H3,(H,20,23). The molecule has 1 N–H and O–H groups in total. The summed E-state index contributed by atoms with van der Waals surface area (Å²) >= 11 is 3.51. The molecule has 5 nitrogen and oxygen atoms in total. The predicted octanol–water partition coefficient (Wildman–Crippen LogP) is 3.65. The van der Waals surface area contributed by atoms with Gasteiger partial charge in [-0.05, 0) is 59.1 Å². The van der Waals surface area contributed by atoms with Crippen LogP contribution < -0.4 is 10.1 Å². The molecular formula is C18H18BrN3O2. The number of ether oxygens (including phenoxy) is 1. The minimum absolute atomic E-state index is 0.145. The van der Waals surface area contributed by atoms with E-state index in [9.17, 15) is 4.79 Å². The summed E-state index contributed by atoms with van der Waals surface area (Å²) in [7, 11) is 1.63. The number of rotatable bonds is 4. The van der Waals surface area contributed by atoms with Crippen molar-refractivity contribution in [2.45, 2.75) is 20.4 Å². The molecule has 2 heterocycles. The highest BCUT2D eigenvalue weighted by atomic mass is 79.9. The van der Waals surface area contributed by atoms with Crippen molar-refractivity contribution in [3.8, 4) is 5.75 Å². The topological polar surface area (TPSA) is 55.6 Å². The van der Waals surface area contributed by atoms with Gasteiger partial charge in [0.25, 0.3) is 5.91 Å². The van der Waals surface area contributed by atoms with E-state index < -0.39 is 0 Å². The van der Waals surface area contributed by atoms with Crippen molar-refractivity contribution in [2.75, 3.05) is 7.11 Å². The number of carbonyl (C=O) groups is 1. The maximum Gasteiger partial charge on any atom is 0.270 e. The molecular weight excluding hydrogens is 370 g/mol. The van der Waals surface area contributed by atoms with Gasteiger partial charge in [-0.15, -0.1) is 0 Å². The van der Waals surface area contributed by atoms with Crippen molar-refractivity contribution in [3.05, 3.63) is 63.5 Å². The SMILES string of the molecule is COc1ccc(CNC(=O)c2c(C)nc3c(Br)cc(C)cn23)cc1. The van der Waals surface area contributed by atoms with Crippen LogP contribution >= 0.6 is 15.9 Å². The second-order valence-corrected chi connectivity index (χ2v) is 6.49. The lowest BCUT2D eigenvalue weighted by Crippen LogP contribution is -2.25. The molecule has 1 aromatic carbocycles. The van der Waals surface area contributed by atoms with E-state index in [2.05, 4.69) is 26.2 Å². The number of fused-ring (bicyclic) bond motifs is 1. The van der Waals surface area contributed by atoms with Gasteiger partial charge >= 0.3 is 0 Å². The zero-order valence-corrected chi connectivity index (χ0v) is 15.3. The summed E-state index contributed by atoms with van der Waals surface area (Å²) in [6.45, 7) is 4.28. The monoisotopic (exact) mass is 387 g/mol. The van der Waals surface area contributed by atoms with Gasteiger partial charge in [-0.25, -0.2) is 4.98 Å². The summed E-state index contributed by atoms with van der Waals surface area (Å²) in [5.74, 6) is 0.649. The third-order valence-electron chi connectivity index (χ3n) is 3.81. The largest absolute Gasteiger partial charge is 0.497 e. The second kappa shape index (κ2) is 6.65. The quantitative estimate of drug-likeness (QED) is 0.743. The summed E-state index contributed by atoms with van der Waals surface area (Å²) in [5.41, 5.74) is 4.06. The summed E-state index contributed by atoms with van der Waals surface area (Å²) in [6, 6.07) is 9.60. The van der Waals surface area contributed by atoms with E-state index in [4.69, 9.17) is 4.74 Å². The molecule has 0 spiro atoms. The van der Waals surface area contributed by atoms with Crippen LogP contribution in [0.25, 0.3) is 5.65 Å². The van der Waals surface area contributed by atoms with Gasteiger partial charge in [0.1, 0.15) is 11.4 Å². The molecule has 0 radical (unpaired) electrons. The van der Waals surface area contributed by atoms with Gasteiger partial charge in [-0.3, -0.25) is 9.20 Å². The maximum absolute atomic E-state index is 12.6. The third-order valence-corrected chi connectivity index (χ3v) is 4.40. The molecule has 0 atom stereocenters. The van der Waals surface area contributed by atoms with Crippen LogP contribution in [0, 0.1) is 13.8 Å². The number of nitrogens with zero attached hydrogens (tertiary/aromatic N) is 2. The lowest BCUT2D eigenvalue weighted by Gasteiger charge is -2.08. The molecule has 3 aromatic rings. The number of benzene rings is 1. The van der Waals surface area contributed by atoms with Crippen molar-refractivity contribution in [1.29, 1.82) is 0 Å². The Morgan fingerprint density at radius 1 is 1.29 bits per heavy atom. The van der Waals surface area contributed by atoms with Crippen LogP contribution in [0.15, 0.2) is 41.0 Å². The van der Waals surface area contributed by atoms with Crippen LogP contribution in [0.4, 0.5) is 0 Å². The lowest BCUT2D eigenvalue weighted by atomic mass is 10.2. The number of carbonyl (C=O) groups excluding carboxylic acids is 1. The summed E-state index contributed by atoms with van der Waals surface area (Å²) in [5, 5.41) is 2.95. The van der Waals surface area contributed by atoms with E-state index in [-0.39, 0.29) is 5.91 Å². The Bertz CT molecular complexity index is 901. The fraction of sp³-hybridized carbons (Fsp3) is 0.222. The lowest BCUT2D eigenvalue weighted by molar-refractivity contribution is 0.0944. The highest BCUT2D eigenvalue weighted by Crippen LogP contribution is 2.22. The first-order chi connectivity index (χ1) is 11.5. The van der Waals surface area contributed by atoms with Crippen molar-refractivity contribution in [2.24, 2.45) is 0 Å². The van der Waals surface area contributed by atoms with Gasteiger partial charge < -0.3 is 10.1 Å². The van der Waals surface area contributed by atoms with Crippen molar-refractivity contribution >= 4 is 27.5 Å². The minimum atomic E-state index is -0.145. The molecule has 0 aliphatic carbocycles. The Morgan fingerprint density at radius 2 is 2.00 bits per heavy atom. The first-order valence-electron chi connectivity index (χ1n) is 7.55. The number of nitrogens with one attached hydrogen (secondary N) is 1. The first kappa shape index (κ1) is 16.5.